The number of aliphatic imine (C=N–C) groups is 1. The van der Waals surface area contributed by atoms with Gasteiger partial charge in [0.1, 0.15) is 24.7 Å². The average Bonchev–Trinajstić information content (AvgIpc) is 3.82. The van der Waals surface area contributed by atoms with E-state index in [0.717, 1.165) is 11.7 Å². The van der Waals surface area contributed by atoms with Crippen molar-refractivity contribution in [3.8, 4) is 0 Å². The first kappa shape index (κ1) is 67.2. The summed E-state index contributed by atoms with van der Waals surface area (Å²) < 4.78 is 33.1. The Morgan fingerprint density at radius 1 is 0.781 bits per heavy atom. The molecule has 1 atom stereocenters. The van der Waals surface area contributed by atoms with Crippen molar-refractivity contribution in [1.29, 1.82) is 0 Å². The van der Waals surface area contributed by atoms with Gasteiger partial charge < -0.3 is 9.92 Å². The maximum absolute atomic E-state index is 10.9. The molecule has 0 bridgehead atoms. The molecule has 0 aliphatic carbocycles. The number of Topliss-reactive ketones (excluding diaryl/α,β-unsaturated/α-hetero) is 3. The Labute approximate surface area is 386 Å². The molecule has 1 unspecified atom stereocenters. The molecule has 0 spiro atoms. The number of nitrogens with zero attached hydrogens (tertiary/aromatic N) is 11. The normalized spacial score (nSPS) is 13.7. The zero-order chi connectivity index (χ0) is 52.3. The lowest BCUT2D eigenvalue weighted by molar-refractivity contribution is -0.124. The van der Waals surface area contributed by atoms with E-state index < -0.39 is 27.1 Å². The van der Waals surface area contributed by atoms with Crippen LogP contribution in [0.4, 0.5) is 0 Å². The quantitative estimate of drug-likeness (QED) is 0.212. The Kier molecular flexibility index (Phi) is 28.6. The van der Waals surface area contributed by atoms with Crippen LogP contribution in [0.3, 0.4) is 0 Å². The van der Waals surface area contributed by atoms with Crippen LogP contribution in [0, 0.1) is 11.3 Å². The third-order valence-corrected chi connectivity index (χ3v) is 13.4. The van der Waals surface area contributed by atoms with E-state index in [2.05, 4.69) is 60.0 Å². The summed E-state index contributed by atoms with van der Waals surface area (Å²) in [5.41, 5.74) is -0.381. The number of azo groups is 1. The summed E-state index contributed by atoms with van der Waals surface area (Å²) in [6.45, 7) is 46.8. The number of carbonyl (C=O) groups excluding carboxylic acids is 3. The van der Waals surface area contributed by atoms with E-state index in [-0.39, 0.29) is 58.9 Å². The molecule has 3 rings (SSSR count). The van der Waals surface area contributed by atoms with Gasteiger partial charge >= 0.3 is 0 Å². The van der Waals surface area contributed by atoms with Gasteiger partial charge in [0.15, 0.2) is 39.7 Å². The monoisotopic (exact) mass is 948 g/mol. The third-order valence-electron chi connectivity index (χ3n) is 8.71. The molecule has 0 fully saturated rings. The van der Waals surface area contributed by atoms with E-state index >= 15 is 0 Å². The van der Waals surface area contributed by atoms with Crippen LogP contribution in [-0.4, -0.2) is 118 Å². The summed E-state index contributed by atoms with van der Waals surface area (Å²) >= 11 is 0. The lowest BCUT2D eigenvalue weighted by Crippen LogP contribution is -2.26. The molecule has 0 saturated carbocycles. The van der Waals surface area contributed by atoms with Gasteiger partial charge in [-0.2, -0.15) is 9.91 Å². The number of aromatic nitrogens is 8. The molecule has 1 aliphatic rings. The van der Waals surface area contributed by atoms with E-state index in [9.17, 15) is 27.4 Å². The predicted molar refractivity (Wildman–Crippen MR) is 260 cm³/mol. The van der Waals surface area contributed by atoms with Crippen molar-refractivity contribution in [3.63, 3.8) is 0 Å². The Hall–Kier alpha value is -3.42. The van der Waals surface area contributed by atoms with E-state index in [1.807, 2.05) is 83.1 Å². The standard InChI is InChI=1S/2C8H14N4O.C6H12O.C5H13BO.C5H9N3.C5H13O2P.C5H12O2S/c1-6(13)5-12-7(8(2,3)4)9-10-11-12;1-6(13)5-12-10-7(9-11-12)8(2,3)4;1-5(7)6(2,3)4;1-5(2,3)6(4)7;1-4(2)5-6-3-7-8-5;2*1-5(2,3)8(4,6)7/h2*5H2,1-4H3;1-4H3;7H,1-4H3;4H,3H2,1-2H3;1-4H3,(H,6,7);1-4H3. The van der Waals surface area contributed by atoms with E-state index in [1.165, 1.54) is 31.6 Å². The molecule has 1 aliphatic heterocycles. The number of carbonyl (C=O) groups is 3. The van der Waals surface area contributed by atoms with Crippen LogP contribution in [-0.2, 0) is 52.7 Å². The maximum Gasteiger partial charge on any atom is 0.291 e. The molecule has 2 aromatic rings. The fraction of sp³-hybridized carbons (Fsp3) is 0.857. The van der Waals surface area contributed by atoms with Crippen molar-refractivity contribution in [2.24, 2.45) is 26.6 Å². The first-order chi connectivity index (χ1) is 28.0. The second-order valence-electron chi connectivity index (χ2n) is 22.0. The van der Waals surface area contributed by atoms with Crippen LogP contribution in [0.15, 0.2) is 15.2 Å². The van der Waals surface area contributed by atoms with Crippen LogP contribution in [0.2, 0.25) is 12.1 Å². The summed E-state index contributed by atoms with van der Waals surface area (Å²) in [7, 11) is -5.69. The average molecular weight is 948 g/mol. The van der Waals surface area contributed by atoms with Crippen LogP contribution < -0.4 is 0 Å². The second kappa shape index (κ2) is 27.3. The van der Waals surface area contributed by atoms with Crippen LogP contribution in [0.5, 0.6) is 0 Å². The molecular formula is C42H87BN11O8PS. The van der Waals surface area contributed by atoms with Gasteiger partial charge in [-0.25, -0.2) is 18.1 Å². The molecule has 0 saturated heterocycles. The summed E-state index contributed by atoms with van der Waals surface area (Å²) in [6.07, 6.45) is 1.24. The largest absolute Gasteiger partial charge is 0.450 e. The van der Waals surface area contributed by atoms with Crippen LogP contribution in [0.1, 0.15) is 171 Å². The van der Waals surface area contributed by atoms with Crippen molar-refractivity contribution in [1.82, 2.24) is 40.4 Å². The highest BCUT2D eigenvalue weighted by Gasteiger charge is 2.28. The molecule has 64 heavy (non-hydrogen) atoms. The molecule has 2 N–H and O–H groups in total. The molecule has 22 heteroatoms. The first-order valence-electron chi connectivity index (χ1n) is 21.1. The van der Waals surface area contributed by atoms with E-state index in [1.54, 1.807) is 60.0 Å². The van der Waals surface area contributed by atoms with Gasteiger partial charge in [0.25, 0.3) is 6.92 Å². The first-order valence-corrected chi connectivity index (χ1v) is 25.1. The van der Waals surface area contributed by atoms with Crippen molar-refractivity contribution in [2.45, 2.75) is 205 Å². The Morgan fingerprint density at radius 3 is 1.38 bits per heavy atom. The number of sulfone groups is 1. The van der Waals surface area contributed by atoms with Crippen LogP contribution in [0.25, 0.3) is 0 Å². The number of hydrogen-bond donors (Lipinski definition) is 2. The smallest absolute Gasteiger partial charge is 0.291 e. The number of amidine groups is 1. The highest BCUT2D eigenvalue weighted by atomic mass is 32.2. The predicted octanol–water partition coefficient (Wildman–Crippen LogP) is 8.12. The highest BCUT2D eigenvalue weighted by molar-refractivity contribution is 7.92. The van der Waals surface area contributed by atoms with E-state index in [0.29, 0.717) is 18.4 Å². The Balaban J connectivity index is -0.000000334. The number of rotatable bonds is 5. The zero-order valence-corrected chi connectivity index (χ0v) is 46.1. The van der Waals surface area contributed by atoms with Crippen molar-refractivity contribution < 1.29 is 37.3 Å². The summed E-state index contributed by atoms with van der Waals surface area (Å²) in [5.74, 6) is 3.03. The molecular weight excluding hydrogens is 860 g/mol. The van der Waals surface area contributed by atoms with Crippen LogP contribution >= 0.6 is 7.37 Å². The summed E-state index contributed by atoms with van der Waals surface area (Å²) in [5, 5.41) is 39.0. The molecule has 372 valence electrons. The topological polar surface area (TPSA) is 267 Å². The van der Waals surface area contributed by atoms with Gasteiger partial charge in [0.05, 0.1) is 4.75 Å². The number of ketones is 3. The van der Waals surface area contributed by atoms with Gasteiger partial charge in [-0.15, -0.1) is 20.4 Å². The highest BCUT2D eigenvalue weighted by Crippen LogP contribution is 2.49. The second-order valence-corrected chi connectivity index (χ2v) is 27.9. The third kappa shape index (κ3) is 33.1. The van der Waals surface area contributed by atoms with Gasteiger partial charge in [0.2, 0.25) is 7.37 Å². The van der Waals surface area contributed by atoms with Crippen molar-refractivity contribution >= 4 is 47.3 Å². The maximum atomic E-state index is 10.9. The Morgan fingerprint density at radius 2 is 1.17 bits per heavy atom. The summed E-state index contributed by atoms with van der Waals surface area (Å²) in [6, 6.07) is 0. The molecule has 0 radical (unpaired) electrons. The molecule has 0 amide bonds. The van der Waals surface area contributed by atoms with Crippen molar-refractivity contribution in [3.05, 3.63) is 11.6 Å². The molecule has 19 nitrogen and oxygen atoms in total. The molecule has 2 aromatic heterocycles. The molecule has 0 aromatic carbocycles. The fourth-order valence-corrected chi connectivity index (χ4v) is 2.41. The van der Waals surface area contributed by atoms with Gasteiger partial charge in [0, 0.05) is 40.2 Å². The minimum Gasteiger partial charge on any atom is -0.450 e. The number of tetrazole rings is 2. The fourth-order valence-electron chi connectivity index (χ4n) is 2.41. The van der Waals surface area contributed by atoms with E-state index in [4.69, 9.17) is 9.92 Å². The number of hydrogen-bond acceptors (Lipinski definition) is 16. The zero-order valence-electron chi connectivity index (χ0n) is 44.4. The lowest BCUT2D eigenvalue weighted by atomic mass is 9.50. The lowest BCUT2D eigenvalue weighted by Gasteiger charge is -2.21. The van der Waals surface area contributed by atoms with Gasteiger partial charge in [-0.3, -0.25) is 18.9 Å². The molecule has 3 heterocycles. The Bertz CT molecular complexity index is 1930. The summed E-state index contributed by atoms with van der Waals surface area (Å²) in [4.78, 5) is 46.3. The SMILES string of the molecule is CB(O)C(C)(C)C.CC(=O)C(C)(C)C.CC(=O)Cn1nnc(C(C)(C)C)n1.CC(=O)Cn1nnnc1C(C)(C)C.CC(C)(C)P(C)(=O)O.CC(C)(C)S(C)(=O)=O.CC(C)C1=NCN=N1. The minimum atomic E-state index is -2.85. The van der Waals surface area contributed by atoms with Gasteiger partial charge in [-0.05, 0) is 62.5 Å². The van der Waals surface area contributed by atoms with Gasteiger partial charge in [-0.1, -0.05) is 125 Å². The van der Waals surface area contributed by atoms with Crippen molar-refractivity contribution in [2.75, 3.05) is 19.6 Å². The minimum absolute atomic E-state index is 0.0258.